The molecule has 0 unspecified atom stereocenters. The highest BCUT2D eigenvalue weighted by atomic mass is 16.5. The molecule has 1 aliphatic rings. The van der Waals surface area contributed by atoms with E-state index in [1.807, 2.05) is 76.3 Å². The molecule has 0 spiro atoms. The minimum Gasteiger partial charge on any atom is -0.495 e. The van der Waals surface area contributed by atoms with Gasteiger partial charge in [-0.2, -0.15) is 5.10 Å². The van der Waals surface area contributed by atoms with Crippen molar-refractivity contribution in [3.05, 3.63) is 126 Å². The van der Waals surface area contributed by atoms with Crippen molar-refractivity contribution in [1.82, 2.24) is 19.2 Å². The number of aromatic nitrogens is 3. The number of fused-ring (bicyclic) bond motifs is 3. The van der Waals surface area contributed by atoms with Crippen LogP contribution in [0.3, 0.4) is 0 Å². The number of methoxy groups -OCH3 is 1. The Labute approximate surface area is 221 Å². The molecule has 1 N–H and O–H groups in total. The van der Waals surface area contributed by atoms with Gasteiger partial charge in [0.25, 0.3) is 0 Å². The van der Waals surface area contributed by atoms with E-state index in [0.29, 0.717) is 18.0 Å². The standard InChI is InChI=1S/C31H29N5O2/c1-3-25-24-21-35(31(37)32-26-17-10-11-19-28(26)38-2)29(22-13-6-4-7-14-22)27-18-12-20-34(27)30(24)36(33-25)23-15-8-5-9-16-23/h4-20,29H,3,21H2,1-2H3,(H,32,37)/t29-/m1/s1. The van der Waals surface area contributed by atoms with Crippen LogP contribution in [-0.4, -0.2) is 32.4 Å². The van der Waals surface area contributed by atoms with E-state index < -0.39 is 0 Å². The van der Waals surface area contributed by atoms with Crippen molar-refractivity contribution >= 4 is 11.7 Å². The second-order valence-electron chi connectivity index (χ2n) is 9.22. The van der Waals surface area contributed by atoms with Gasteiger partial charge >= 0.3 is 6.03 Å². The fourth-order valence-corrected chi connectivity index (χ4v) is 5.27. The third-order valence-electron chi connectivity index (χ3n) is 7.03. The molecule has 0 saturated carbocycles. The first-order chi connectivity index (χ1) is 18.7. The SMILES string of the molecule is CCc1nn(-c2ccccc2)c2c1CN(C(=O)Nc1ccccc1OC)[C@H](c1ccccc1)c1cccn1-2. The second-order valence-corrected chi connectivity index (χ2v) is 9.22. The number of ether oxygens (including phenoxy) is 1. The summed E-state index contributed by atoms with van der Waals surface area (Å²) < 4.78 is 9.69. The first-order valence-electron chi connectivity index (χ1n) is 12.8. The molecule has 2 aromatic heterocycles. The van der Waals surface area contributed by atoms with Crippen molar-refractivity contribution in [2.75, 3.05) is 12.4 Å². The van der Waals surface area contributed by atoms with Crippen LogP contribution in [0.25, 0.3) is 11.5 Å². The minimum absolute atomic E-state index is 0.210. The van der Waals surface area contributed by atoms with Crippen LogP contribution in [-0.2, 0) is 13.0 Å². The topological polar surface area (TPSA) is 64.3 Å². The van der Waals surface area contributed by atoms with Gasteiger partial charge in [0.15, 0.2) is 0 Å². The maximum absolute atomic E-state index is 14.1. The van der Waals surface area contributed by atoms with Crippen molar-refractivity contribution in [2.24, 2.45) is 0 Å². The van der Waals surface area contributed by atoms with Gasteiger partial charge in [0.05, 0.1) is 42.5 Å². The Morgan fingerprint density at radius 1 is 0.947 bits per heavy atom. The lowest BCUT2D eigenvalue weighted by molar-refractivity contribution is 0.194. The number of rotatable bonds is 5. The number of carbonyl (C=O) groups is 1. The van der Waals surface area contributed by atoms with Gasteiger partial charge < -0.3 is 19.5 Å². The summed E-state index contributed by atoms with van der Waals surface area (Å²) in [4.78, 5) is 16.0. The van der Waals surface area contributed by atoms with Crippen molar-refractivity contribution in [3.8, 4) is 17.3 Å². The van der Waals surface area contributed by atoms with E-state index >= 15 is 0 Å². The van der Waals surface area contributed by atoms with Crippen LogP contribution in [0, 0.1) is 0 Å². The molecule has 7 heteroatoms. The third-order valence-corrected chi connectivity index (χ3v) is 7.03. The lowest BCUT2D eigenvalue weighted by Gasteiger charge is -2.31. The molecule has 0 radical (unpaired) electrons. The van der Waals surface area contributed by atoms with Gasteiger partial charge in [0.2, 0.25) is 0 Å². The molecule has 0 aliphatic carbocycles. The Balaban J connectivity index is 1.54. The summed E-state index contributed by atoms with van der Waals surface area (Å²) in [6.45, 7) is 2.50. The normalized spacial score (nSPS) is 14.4. The molecule has 5 aromatic rings. The molecule has 190 valence electrons. The summed E-state index contributed by atoms with van der Waals surface area (Å²) in [7, 11) is 1.61. The van der Waals surface area contributed by atoms with E-state index in [0.717, 1.165) is 40.4 Å². The fourth-order valence-electron chi connectivity index (χ4n) is 5.27. The van der Waals surface area contributed by atoms with Crippen LogP contribution in [0.15, 0.2) is 103 Å². The van der Waals surface area contributed by atoms with Crippen LogP contribution < -0.4 is 10.1 Å². The second kappa shape index (κ2) is 9.94. The number of anilines is 1. The Kier molecular flexibility index (Phi) is 6.17. The lowest BCUT2D eigenvalue weighted by Crippen LogP contribution is -2.38. The van der Waals surface area contributed by atoms with E-state index in [1.54, 1.807) is 7.11 Å². The van der Waals surface area contributed by atoms with E-state index in [9.17, 15) is 4.79 Å². The number of para-hydroxylation sites is 3. The molecule has 2 amide bonds. The van der Waals surface area contributed by atoms with Crippen LogP contribution in [0.1, 0.15) is 35.5 Å². The van der Waals surface area contributed by atoms with Gasteiger partial charge in [-0.3, -0.25) is 0 Å². The van der Waals surface area contributed by atoms with Crippen molar-refractivity contribution in [3.63, 3.8) is 0 Å². The van der Waals surface area contributed by atoms with Crippen LogP contribution in [0.2, 0.25) is 0 Å². The predicted molar refractivity (Wildman–Crippen MR) is 148 cm³/mol. The third kappa shape index (κ3) is 4.02. The molecule has 0 saturated heterocycles. The number of amides is 2. The van der Waals surface area contributed by atoms with Gasteiger partial charge in [0.1, 0.15) is 11.6 Å². The molecule has 6 rings (SSSR count). The zero-order valence-corrected chi connectivity index (χ0v) is 21.4. The largest absolute Gasteiger partial charge is 0.495 e. The monoisotopic (exact) mass is 503 g/mol. The molecule has 3 aromatic carbocycles. The van der Waals surface area contributed by atoms with E-state index in [2.05, 4.69) is 53.3 Å². The highest BCUT2D eigenvalue weighted by Crippen LogP contribution is 2.39. The summed E-state index contributed by atoms with van der Waals surface area (Å²) in [6, 6.07) is 31.4. The van der Waals surface area contributed by atoms with Crippen molar-refractivity contribution in [1.29, 1.82) is 0 Å². The van der Waals surface area contributed by atoms with Gasteiger partial charge in [-0.05, 0) is 48.4 Å². The summed E-state index contributed by atoms with van der Waals surface area (Å²) in [5.74, 6) is 1.57. The van der Waals surface area contributed by atoms with Gasteiger partial charge in [-0.15, -0.1) is 0 Å². The number of urea groups is 1. The summed E-state index contributed by atoms with van der Waals surface area (Å²) >= 11 is 0. The smallest absolute Gasteiger partial charge is 0.323 e. The molecule has 0 bridgehead atoms. The first-order valence-corrected chi connectivity index (χ1v) is 12.8. The van der Waals surface area contributed by atoms with Crippen molar-refractivity contribution in [2.45, 2.75) is 25.9 Å². The minimum atomic E-state index is -0.317. The molecule has 0 fully saturated rings. The summed E-state index contributed by atoms with van der Waals surface area (Å²) in [5, 5.41) is 8.14. The number of nitrogens with one attached hydrogen (secondary N) is 1. The molecule has 38 heavy (non-hydrogen) atoms. The summed E-state index contributed by atoms with van der Waals surface area (Å²) in [5.41, 5.74) is 5.62. The van der Waals surface area contributed by atoms with Crippen molar-refractivity contribution < 1.29 is 9.53 Å². The lowest BCUT2D eigenvalue weighted by atomic mass is 10.0. The van der Waals surface area contributed by atoms with Crippen LogP contribution in [0.5, 0.6) is 5.75 Å². The van der Waals surface area contributed by atoms with Crippen LogP contribution in [0.4, 0.5) is 10.5 Å². The quantitative estimate of drug-likeness (QED) is 0.303. The summed E-state index contributed by atoms with van der Waals surface area (Å²) in [6.07, 6.45) is 2.81. The van der Waals surface area contributed by atoms with E-state index in [-0.39, 0.29) is 12.1 Å². The van der Waals surface area contributed by atoms with Gasteiger partial charge in [-0.1, -0.05) is 67.6 Å². The van der Waals surface area contributed by atoms with E-state index in [1.165, 1.54) is 0 Å². The zero-order chi connectivity index (χ0) is 26.1. The highest BCUT2D eigenvalue weighted by Gasteiger charge is 2.36. The number of carbonyl (C=O) groups excluding carboxylic acids is 1. The first kappa shape index (κ1) is 23.6. The fraction of sp³-hybridized carbons (Fsp3) is 0.161. The maximum atomic E-state index is 14.1. The Bertz CT molecular complexity index is 1570. The molecule has 1 aliphatic heterocycles. The van der Waals surface area contributed by atoms with Gasteiger partial charge in [-0.25, -0.2) is 9.48 Å². The zero-order valence-electron chi connectivity index (χ0n) is 21.4. The van der Waals surface area contributed by atoms with Gasteiger partial charge in [0, 0.05) is 11.8 Å². The molecule has 3 heterocycles. The molecular formula is C31H29N5O2. The molecular weight excluding hydrogens is 474 g/mol. The predicted octanol–water partition coefficient (Wildman–Crippen LogP) is 6.37. The number of benzene rings is 3. The number of hydrogen-bond donors (Lipinski definition) is 1. The Morgan fingerprint density at radius 3 is 2.39 bits per heavy atom. The Morgan fingerprint density at radius 2 is 1.66 bits per heavy atom. The number of nitrogens with zero attached hydrogens (tertiary/aromatic N) is 4. The molecule has 1 atom stereocenters. The maximum Gasteiger partial charge on any atom is 0.323 e. The highest BCUT2D eigenvalue weighted by molar-refractivity contribution is 5.91. The van der Waals surface area contributed by atoms with E-state index in [4.69, 9.17) is 9.84 Å². The number of aryl methyl sites for hydroxylation is 1. The number of hydrogen-bond acceptors (Lipinski definition) is 3. The average molecular weight is 504 g/mol. The Hall–Kier alpha value is -4.78. The average Bonchev–Trinajstić information content (AvgIpc) is 3.55. The van der Waals surface area contributed by atoms with Crippen LogP contribution >= 0.6 is 0 Å². The molecule has 7 nitrogen and oxygen atoms in total.